The molecule has 17 heavy (non-hydrogen) atoms. The van der Waals surface area contributed by atoms with Crippen LogP contribution in [0.25, 0.3) is 0 Å². The van der Waals surface area contributed by atoms with Crippen LogP contribution in [0, 0.1) is 0 Å². The summed E-state index contributed by atoms with van der Waals surface area (Å²) in [5, 5.41) is 2.75. The first-order valence-electron chi connectivity index (χ1n) is 4.47. The number of alkyl halides is 3. The minimum atomic E-state index is -4.72. The van der Waals surface area contributed by atoms with Gasteiger partial charge in [-0.05, 0) is 18.2 Å². The lowest BCUT2D eigenvalue weighted by Crippen LogP contribution is -2.18. The fourth-order valence-corrected chi connectivity index (χ4v) is 1.49. The van der Waals surface area contributed by atoms with Crippen molar-refractivity contribution in [3.8, 4) is 5.75 Å². The van der Waals surface area contributed by atoms with Gasteiger partial charge in [0.05, 0.1) is 5.69 Å². The highest BCUT2D eigenvalue weighted by Gasteiger charge is 2.32. The predicted molar refractivity (Wildman–Crippen MR) is 64.3 cm³/mol. The van der Waals surface area contributed by atoms with E-state index in [1.54, 1.807) is 12.1 Å². The number of anilines is 1. The fourth-order valence-electron chi connectivity index (χ4n) is 1.06. The molecule has 1 rings (SSSR count). The van der Waals surface area contributed by atoms with Gasteiger partial charge in [0.2, 0.25) is 0 Å². The maximum absolute atomic E-state index is 12.1. The van der Waals surface area contributed by atoms with Gasteiger partial charge < -0.3 is 10.1 Å². The molecule has 0 aromatic heterocycles. The van der Waals surface area contributed by atoms with Crippen molar-refractivity contribution in [3.63, 3.8) is 0 Å². The maximum atomic E-state index is 12.1. The van der Waals surface area contributed by atoms with Crippen LogP contribution in [0.5, 0.6) is 5.75 Å². The van der Waals surface area contributed by atoms with E-state index >= 15 is 0 Å². The largest absolute Gasteiger partial charge is 0.573 e. The molecule has 0 aliphatic rings. The Kier molecular flexibility index (Phi) is 5.14. The molecule has 0 saturated carbocycles. The van der Waals surface area contributed by atoms with Crippen LogP contribution in [0.4, 0.5) is 18.9 Å². The van der Waals surface area contributed by atoms with E-state index in [0.29, 0.717) is 11.0 Å². The molecule has 1 aromatic carbocycles. The summed E-state index contributed by atoms with van der Waals surface area (Å²) in [7, 11) is 0. The molecule has 1 N–H and O–H groups in total. The van der Waals surface area contributed by atoms with Gasteiger partial charge in [0.25, 0.3) is 0 Å². The molecule has 0 saturated heterocycles. The average molecular weight is 331 g/mol. The number of nitrogens with one attached hydrogen (secondary N) is 1. The number of benzene rings is 1. The normalized spacial score (nSPS) is 11.8. The summed E-state index contributed by atoms with van der Waals surface area (Å²) in [6.45, 7) is 0.305. The van der Waals surface area contributed by atoms with Crippen molar-refractivity contribution >= 4 is 33.2 Å². The van der Waals surface area contributed by atoms with Crippen LogP contribution < -0.4 is 10.1 Å². The van der Waals surface area contributed by atoms with Gasteiger partial charge in [-0.15, -0.1) is 13.2 Å². The summed E-state index contributed by atoms with van der Waals surface area (Å²) >= 11 is 8.38. The van der Waals surface area contributed by atoms with Crippen molar-refractivity contribution in [3.05, 3.63) is 34.3 Å². The second kappa shape index (κ2) is 6.16. The highest BCUT2D eigenvalue weighted by atomic mass is 79.9. The van der Waals surface area contributed by atoms with E-state index in [4.69, 9.17) is 11.6 Å². The van der Waals surface area contributed by atoms with E-state index in [-0.39, 0.29) is 11.4 Å². The van der Waals surface area contributed by atoms with Gasteiger partial charge in [-0.1, -0.05) is 33.6 Å². The molecule has 1 aromatic rings. The summed E-state index contributed by atoms with van der Waals surface area (Å²) < 4.78 is 40.8. The van der Waals surface area contributed by atoms with Crippen LogP contribution >= 0.6 is 27.5 Å². The number of halogens is 5. The van der Waals surface area contributed by atoms with Gasteiger partial charge in [-0.3, -0.25) is 0 Å². The third-order valence-electron chi connectivity index (χ3n) is 1.67. The van der Waals surface area contributed by atoms with Crippen LogP contribution in [0.1, 0.15) is 0 Å². The maximum Gasteiger partial charge on any atom is 0.573 e. The molecule has 0 aliphatic heterocycles. The molecule has 94 valence electrons. The SMILES string of the molecule is FC(F)(F)Oc1cc(Br)ccc1NC/C=C/Cl. The smallest absolute Gasteiger partial charge is 0.404 e. The first kappa shape index (κ1) is 14.2. The van der Waals surface area contributed by atoms with E-state index in [9.17, 15) is 13.2 Å². The van der Waals surface area contributed by atoms with E-state index < -0.39 is 6.36 Å². The van der Waals surface area contributed by atoms with E-state index in [0.717, 1.165) is 0 Å². The standard InChI is InChI=1S/C10H8BrClF3NO/c11-7-2-3-8(16-5-1-4-12)9(6-7)17-10(13,14)15/h1-4,6,16H,5H2/b4-1+. The minimum absolute atomic E-state index is 0.236. The topological polar surface area (TPSA) is 21.3 Å². The fraction of sp³-hybridized carbons (Fsp3) is 0.200. The zero-order valence-electron chi connectivity index (χ0n) is 8.39. The van der Waals surface area contributed by atoms with E-state index in [1.807, 2.05) is 0 Å². The molecular weight excluding hydrogens is 322 g/mol. The number of rotatable bonds is 4. The van der Waals surface area contributed by atoms with Crippen molar-refractivity contribution in [1.29, 1.82) is 0 Å². The summed E-state index contributed by atoms with van der Waals surface area (Å²) in [6, 6.07) is 4.32. The zero-order valence-corrected chi connectivity index (χ0v) is 10.7. The van der Waals surface area contributed by atoms with Crippen molar-refractivity contribution in [1.82, 2.24) is 0 Å². The van der Waals surface area contributed by atoms with E-state index in [1.165, 1.54) is 17.7 Å². The Balaban J connectivity index is 2.87. The Morgan fingerprint density at radius 3 is 2.71 bits per heavy atom. The Morgan fingerprint density at radius 2 is 2.12 bits per heavy atom. The second-order valence-electron chi connectivity index (χ2n) is 2.93. The Morgan fingerprint density at radius 1 is 1.41 bits per heavy atom. The van der Waals surface area contributed by atoms with Crippen LogP contribution in [0.2, 0.25) is 0 Å². The second-order valence-corrected chi connectivity index (χ2v) is 4.10. The lowest BCUT2D eigenvalue weighted by Gasteiger charge is -2.14. The lowest BCUT2D eigenvalue weighted by molar-refractivity contribution is -0.274. The number of ether oxygens (including phenoxy) is 1. The molecule has 0 spiro atoms. The first-order valence-corrected chi connectivity index (χ1v) is 5.69. The Bertz CT molecular complexity index is 409. The average Bonchev–Trinajstić information content (AvgIpc) is 2.19. The predicted octanol–water partition coefficient (Wildman–Crippen LogP) is 4.51. The van der Waals surface area contributed by atoms with Gasteiger partial charge in [-0.25, -0.2) is 0 Å². The number of hydrogen-bond donors (Lipinski definition) is 1. The first-order chi connectivity index (χ1) is 7.92. The highest BCUT2D eigenvalue weighted by Crippen LogP contribution is 2.32. The zero-order chi connectivity index (χ0) is 12.9. The van der Waals surface area contributed by atoms with E-state index in [2.05, 4.69) is 26.0 Å². The highest BCUT2D eigenvalue weighted by molar-refractivity contribution is 9.10. The van der Waals surface area contributed by atoms with Gasteiger partial charge in [0.1, 0.15) is 0 Å². The molecule has 0 amide bonds. The summed E-state index contributed by atoms with van der Waals surface area (Å²) in [5.41, 5.74) is 1.51. The Hall–Kier alpha value is -0.880. The number of hydrogen-bond acceptors (Lipinski definition) is 2. The molecule has 0 aliphatic carbocycles. The third kappa shape index (κ3) is 5.32. The summed E-state index contributed by atoms with van der Waals surface area (Å²) in [5.74, 6) is -0.296. The van der Waals surface area contributed by atoms with Crippen LogP contribution in [0.3, 0.4) is 0 Å². The molecule has 7 heteroatoms. The summed E-state index contributed by atoms with van der Waals surface area (Å²) in [6.07, 6.45) is -3.17. The lowest BCUT2D eigenvalue weighted by atomic mass is 10.3. The van der Waals surface area contributed by atoms with Crippen LogP contribution in [0.15, 0.2) is 34.3 Å². The molecular formula is C10H8BrClF3NO. The molecule has 0 heterocycles. The third-order valence-corrected chi connectivity index (χ3v) is 2.34. The van der Waals surface area contributed by atoms with Gasteiger partial charge in [0, 0.05) is 16.6 Å². The summed E-state index contributed by atoms with van der Waals surface area (Å²) in [4.78, 5) is 0. The van der Waals surface area contributed by atoms with Crippen LogP contribution in [-0.4, -0.2) is 12.9 Å². The van der Waals surface area contributed by atoms with Gasteiger partial charge in [-0.2, -0.15) is 0 Å². The molecule has 0 unspecified atom stereocenters. The Labute approximate surface area is 110 Å². The monoisotopic (exact) mass is 329 g/mol. The quantitative estimate of drug-likeness (QED) is 0.877. The van der Waals surface area contributed by atoms with Crippen molar-refractivity contribution in [2.45, 2.75) is 6.36 Å². The van der Waals surface area contributed by atoms with Gasteiger partial charge >= 0.3 is 6.36 Å². The van der Waals surface area contributed by atoms with Gasteiger partial charge in [0.15, 0.2) is 5.75 Å². The van der Waals surface area contributed by atoms with Crippen molar-refractivity contribution in [2.75, 3.05) is 11.9 Å². The minimum Gasteiger partial charge on any atom is -0.404 e. The van der Waals surface area contributed by atoms with Crippen LogP contribution in [-0.2, 0) is 0 Å². The molecule has 0 fully saturated rings. The molecule has 0 bridgehead atoms. The molecule has 0 radical (unpaired) electrons. The van der Waals surface area contributed by atoms with Crippen molar-refractivity contribution < 1.29 is 17.9 Å². The molecule has 0 atom stereocenters. The molecule has 2 nitrogen and oxygen atoms in total. The van der Waals surface area contributed by atoms with Crippen molar-refractivity contribution in [2.24, 2.45) is 0 Å².